The summed E-state index contributed by atoms with van der Waals surface area (Å²) < 4.78 is 5.17. The van der Waals surface area contributed by atoms with Crippen LogP contribution >= 0.6 is 0 Å². The van der Waals surface area contributed by atoms with Gasteiger partial charge in [0.15, 0.2) is 0 Å². The molecule has 1 atom stereocenters. The minimum Gasteiger partial charge on any atom is -0.391 e. The van der Waals surface area contributed by atoms with E-state index in [4.69, 9.17) is 9.63 Å². The van der Waals surface area contributed by atoms with Crippen LogP contribution in [0.3, 0.4) is 0 Å². The third kappa shape index (κ3) is 2.38. The Hall–Kier alpha value is -0.870. The number of likely N-dealkylation sites (N-methyl/N-ethyl adjacent to an activating group) is 1. The van der Waals surface area contributed by atoms with Crippen LogP contribution in [0.25, 0.3) is 0 Å². The molecule has 2 rings (SSSR count). The minimum absolute atomic E-state index is 0.0231. The lowest BCUT2D eigenvalue weighted by Gasteiger charge is -2.31. The molecule has 0 saturated carbocycles. The topological polar surface area (TPSA) is 49.5 Å². The second-order valence-corrected chi connectivity index (χ2v) is 4.27. The molecule has 1 aromatic heterocycles. The summed E-state index contributed by atoms with van der Waals surface area (Å²) in [5.74, 6) is 0.844. The van der Waals surface area contributed by atoms with Gasteiger partial charge in [-0.3, -0.25) is 0 Å². The van der Waals surface area contributed by atoms with E-state index in [2.05, 4.69) is 17.1 Å². The molecule has 1 fully saturated rings. The molecule has 1 unspecified atom stereocenters. The van der Waals surface area contributed by atoms with Crippen molar-refractivity contribution in [2.75, 3.05) is 13.6 Å². The van der Waals surface area contributed by atoms with Crippen molar-refractivity contribution in [2.24, 2.45) is 0 Å². The molecule has 4 nitrogen and oxygen atoms in total. The van der Waals surface area contributed by atoms with Crippen LogP contribution in [0.1, 0.15) is 30.6 Å². The van der Waals surface area contributed by atoms with Gasteiger partial charge in [0.25, 0.3) is 0 Å². The third-order valence-corrected chi connectivity index (χ3v) is 3.24. The predicted octanol–water partition coefficient (Wildman–Crippen LogP) is 1.19. The molecule has 1 aromatic rings. The smallest absolute Gasteiger partial charge is 0.143 e. The summed E-state index contributed by atoms with van der Waals surface area (Å²) in [6, 6.07) is 0.539. The number of aliphatic hydroxyl groups excluding tert-OH is 1. The van der Waals surface area contributed by atoms with E-state index in [1.165, 1.54) is 19.3 Å². The summed E-state index contributed by atoms with van der Waals surface area (Å²) in [7, 11) is 2.15. The summed E-state index contributed by atoms with van der Waals surface area (Å²) in [6.45, 7) is 1.18. The monoisotopic (exact) mass is 210 g/mol. The van der Waals surface area contributed by atoms with E-state index in [1.54, 1.807) is 6.20 Å². The number of hydrogen-bond acceptors (Lipinski definition) is 4. The highest BCUT2D eigenvalue weighted by Gasteiger charge is 2.21. The lowest BCUT2D eigenvalue weighted by atomic mass is 9.98. The molecule has 1 aliphatic heterocycles. The van der Waals surface area contributed by atoms with E-state index in [0.29, 0.717) is 6.04 Å². The standard InChI is InChI=1S/C11H18N2O2/c1-13-5-3-2-4-10(13)6-11-9(8-14)7-12-15-11/h7,10,14H,2-6,8H2,1H3. The molecule has 1 aliphatic rings. The highest BCUT2D eigenvalue weighted by molar-refractivity contribution is 5.13. The average molecular weight is 210 g/mol. The zero-order valence-corrected chi connectivity index (χ0v) is 9.15. The Labute approximate surface area is 89.9 Å². The fourth-order valence-electron chi connectivity index (χ4n) is 2.20. The van der Waals surface area contributed by atoms with Gasteiger partial charge in [0.05, 0.1) is 12.8 Å². The molecule has 0 radical (unpaired) electrons. The van der Waals surface area contributed by atoms with E-state index < -0.39 is 0 Å². The van der Waals surface area contributed by atoms with Gasteiger partial charge in [0.2, 0.25) is 0 Å². The molecule has 0 aliphatic carbocycles. The maximum Gasteiger partial charge on any atom is 0.143 e. The summed E-state index contributed by atoms with van der Waals surface area (Å²) in [5, 5.41) is 12.8. The summed E-state index contributed by atoms with van der Waals surface area (Å²) in [4.78, 5) is 2.37. The van der Waals surface area contributed by atoms with Gasteiger partial charge in [-0.05, 0) is 26.4 Å². The Balaban J connectivity index is 2.01. The average Bonchev–Trinajstić information content (AvgIpc) is 2.69. The maximum absolute atomic E-state index is 9.09. The van der Waals surface area contributed by atoms with Crippen LogP contribution < -0.4 is 0 Å². The van der Waals surface area contributed by atoms with E-state index in [9.17, 15) is 0 Å². The van der Waals surface area contributed by atoms with Crippen molar-refractivity contribution in [2.45, 2.75) is 38.3 Å². The molecule has 15 heavy (non-hydrogen) atoms. The van der Waals surface area contributed by atoms with Crippen molar-refractivity contribution in [3.63, 3.8) is 0 Å². The first-order chi connectivity index (χ1) is 7.31. The van der Waals surface area contributed by atoms with Crippen LogP contribution in [-0.2, 0) is 13.0 Å². The molecule has 4 heteroatoms. The summed E-state index contributed by atoms with van der Waals surface area (Å²) >= 11 is 0. The fourth-order valence-corrected chi connectivity index (χ4v) is 2.20. The molecule has 84 valence electrons. The Morgan fingerprint density at radius 3 is 3.20 bits per heavy atom. The molecule has 0 aromatic carbocycles. The SMILES string of the molecule is CN1CCCCC1Cc1oncc1CO. The van der Waals surface area contributed by atoms with Crippen molar-refractivity contribution in [3.05, 3.63) is 17.5 Å². The molecular formula is C11H18N2O2. The van der Waals surface area contributed by atoms with Crippen LogP contribution in [0.4, 0.5) is 0 Å². The van der Waals surface area contributed by atoms with Gasteiger partial charge >= 0.3 is 0 Å². The maximum atomic E-state index is 9.09. The van der Waals surface area contributed by atoms with Gasteiger partial charge in [-0.1, -0.05) is 11.6 Å². The number of hydrogen-bond donors (Lipinski definition) is 1. The zero-order chi connectivity index (χ0) is 10.7. The van der Waals surface area contributed by atoms with Gasteiger partial charge < -0.3 is 14.5 Å². The van der Waals surface area contributed by atoms with E-state index in [0.717, 1.165) is 24.3 Å². The van der Waals surface area contributed by atoms with Crippen LogP contribution in [0, 0.1) is 0 Å². The van der Waals surface area contributed by atoms with E-state index in [1.807, 2.05) is 0 Å². The molecular weight excluding hydrogens is 192 g/mol. The largest absolute Gasteiger partial charge is 0.391 e. The van der Waals surface area contributed by atoms with Crippen LogP contribution in [-0.4, -0.2) is 34.8 Å². The molecule has 1 N–H and O–H groups in total. The van der Waals surface area contributed by atoms with Crippen molar-refractivity contribution in [1.29, 1.82) is 0 Å². The number of aromatic nitrogens is 1. The van der Waals surface area contributed by atoms with E-state index >= 15 is 0 Å². The number of rotatable bonds is 3. The molecule has 1 saturated heterocycles. The van der Waals surface area contributed by atoms with Crippen molar-refractivity contribution in [1.82, 2.24) is 10.1 Å². The van der Waals surface area contributed by atoms with Crippen molar-refractivity contribution < 1.29 is 9.63 Å². The Kier molecular flexibility index (Phi) is 3.38. The first-order valence-electron chi connectivity index (χ1n) is 5.55. The van der Waals surface area contributed by atoms with Gasteiger partial charge in [-0.2, -0.15) is 0 Å². The second-order valence-electron chi connectivity index (χ2n) is 4.27. The van der Waals surface area contributed by atoms with Crippen molar-refractivity contribution in [3.8, 4) is 0 Å². The number of aliphatic hydroxyl groups is 1. The van der Waals surface area contributed by atoms with Crippen LogP contribution in [0.15, 0.2) is 10.7 Å². The Morgan fingerprint density at radius 2 is 2.47 bits per heavy atom. The summed E-state index contributed by atoms with van der Waals surface area (Å²) in [6.07, 6.45) is 6.26. The van der Waals surface area contributed by atoms with E-state index in [-0.39, 0.29) is 6.61 Å². The molecule has 2 heterocycles. The van der Waals surface area contributed by atoms with Gasteiger partial charge in [-0.25, -0.2) is 0 Å². The van der Waals surface area contributed by atoms with Crippen molar-refractivity contribution >= 4 is 0 Å². The highest BCUT2D eigenvalue weighted by atomic mass is 16.5. The molecule has 0 amide bonds. The third-order valence-electron chi connectivity index (χ3n) is 3.24. The van der Waals surface area contributed by atoms with Gasteiger partial charge in [0.1, 0.15) is 5.76 Å². The second kappa shape index (κ2) is 4.77. The first-order valence-corrected chi connectivity index (χ1v) is 5.55. The van der Waals surface area contributed by atoms with Crippen LogP contribution in [0.5, 0.6) is 0 Å². The minimum atomic E-state index is 0.0231. The molecule has 0 bridgehead atoms. The summed E-state index contributed by atoms with van der Waals surface area (Å²) in [5.41, 5.74) is 0.828. The van der Waals surface area contributed by atoms with Gasteiger partial charge in [0, 0.05) is 18.0 Å². The normalized spacial score (nSPS) is 23.2. The fraction of sp³-hybridized carbons (Fsp3) is 0.727. The Morgan fingerprint density at radius 1 is 1.60 bits per heavy atom. The quantitative estimate of drug-likeness (QED) is 0.814. The zero-order valence-electron chi connectivity index (χ0n) is 9.15. The molecule has 0 spiro atoms. The highest BCUT2D eigenvalue weighted by Crippen LogP contribution is 2.20. The Bertz CT molecular complexity index is 311. The lowest BCUT2D eigenvalue weighted by molar-refractivity contribution is 0.173. The first kappa shape index (κ1) is 10.6. The number of likely N-dealkylation sites (tertiary alicyclic amines) is 1. The van der Waals surface area contributed by atoms with Gasteiger partial charge in [-0.15, -0.1) is 0 Å². The van der Waals surface area contributed by atoms with Crippen LogP contribution in [0.2, 0.25) is 0 Å². The predicted molar refractivity (Wildman–Crippen MR) is 56.4 cm³/mol. The number of nitrogens with zero attached hydrogens (tertiary/aromatic N) is 2. The number of piperidine rings is 1. The lowest BCUT2D eigenvalue weighted by Crippen LogP contribution is -2.37.